The lowest BCUT2D eigenvalue weighted by atomic mass is 10.2. The van der Waals surface area contributed by atoms with Crippen LogP contribution < -0.4 is 0 Å². The van der Waals surface area contributed by atoms with Gasteiger partial charge in [-0.2, -0.15) is 0 Å². The van der Waals surface area contributed by atoms with E-state index in [2.05, 4.69) is 9.97 Å². The van der Waals surface area contributed by atoms with Crippen molar-refractivity contribution < 1.29 is 14.7 Å². The van der Waals surface area contributed by atoms with Crippen molar-refractivity contribution in [1.29, 1.82) is 0 Å². The minimum absolute atomic E-state index is 0.0544. The summed E-state index contributed by atoms with van der Waals surface area (Å²) >= 11 is 2.57. The number of carbonyl (C=O) groups excluding carboxylic acids is 1. The Morgan fingerprint density at radius 1 is 1.50 bits per heavy atom. The van der Waals surface area contributed by atoms with Crippen molar-refractivity contribution in [3.8, 4) is 0 Å². The zero-order valence-corrected chi connectivity index (χ0v) is 10.6. The van der Waals surface area contributed by atoms with E-state index < -0.39 is 5.97 Å². The van der Waals surface area contributed by atoms with Crippen LogP contribution in [0.25, 0.3) is 0 Å². The smallest absolute Gasteiger partial charge is 0.354 e. The fourth-order valence-corrected chi connectivity index (χ4v) is 4.24. The highest BCUT2D eigenvalue weighted by Crippen LogP contribution is 2.51. The summed E-state index contributed by atoms with van der Waals surface area (Å²) in [5.41, 5.74) is 0.0544. The lowest BCUT2D eigenvalue weighted by molar-refractivity contribution is -0.145. The molecule has 1 fully saturated rings. The van der Waals surface area contributed by atoms with Gasteiger partial charge in [0.25, 0.3) is 0 Å². The van der Waals surface area contributed by atoms with Crippen molar-refractivity contribution >= 4 is 35.4 Å². The van der Waals surface area contributed by atoms with Gasteiger partial charge in [-0.1, -0.05) is 11.8 Å². The Bertz CT molecular complexity index is 561. The van der Waals surface area contributed by atoms with E-state index in [1.807, 2.05) is 0 Å². The lowest BCUT2D eigenvalue weighted by Crippen LogP contribution is -2.48. The number of carboxylic acid groups (broad SMARTS) is 1. The summed E-state index contributed by atoms with van der Waals surface area (Å²) in [6.07, 6.45) is 3.58. The zero-order valence-electron chi connectivity index (χ0n) is 8.94. The number of hydrogen-bond donors (Lipinski definition) is 1. The van der Waals surface area contributed by atoms with E-state index in [4.69, 9.17) is 0 Å². The Balaban J connectivity index is 1.91. The molecule has 0 aliphatic carbocycles. The summed E-state index contributed by atoms with van der Waals surface area (Å²) < 4.78 is 0.574. The molecule has 1 aromatic rings. The third-order valence-electron chi connectivity index (χ3n) is 2.51. The second-order valence-electron chi connectivity index (χ2n) is 3.62. The number of amides is 1. The van der Waals surface area contributed by atoms with Crippen LogP contribution in [0.2, 0.25) is 0 Å². The highest BCUT2D eigenvalue weighted by molar-refractivity contribution is 8.22. The van der Waals surface area contributed by atoms with Gasteiger partial charge in [0.1, 0.15) is 0 Å². The number of β-lactam (4-membered cyclic amide) rings is 1. The second kappa shape index (κ2) is 4.29. The number of nitrogens with zero attached hydrogens (tertiary/aromatic N) is 3. The van der Waals surface area contributed by atoms with Gasteiger partial charge in [-0.15, -0.1) is 0 Å². The van der Waals surface area contributed by atoms with Gasteiger partial charge in [0.05, 0.1) is 16.0 Å². The predicted octanol–water partition coefficient (Wildman–Crippen LogP) is 1.13. The maximum atomic E-state index is 11.4. The molecule has 1 aromatic heterocycles. The summed E-state index contributed by atoms with van der Waals surface area (Å²) in [6.45, 7) is 0. The number of aliphatic carboxylic acids is 1. The van der Waals surface area contributed by atoms with Gasteiger partial charge in [0.2, 0.25) is 5.91 Å². The zero-order chi connectivity index (χ0) is 12.7. The minimum atomic E-state index is -1.09. The summed E-state index contributed by atoms with van der Waals surface area (Å²) in [5.74, 6) is -1.23. The van der Waals surface area contributed by atoms with Crippen molar-refractivity contribution in [2.24, 2.45) is 0 Å². The van der Waals surface area contributed by atoms with Gasteiger partial charge in [-0.3, -0.25) is 9.69 Å². The lowest BCUT2D eigenvalue weighted by Gasteiger charge is -2.33. The molecule has 92 valence electrons. The van der Waals surface area contributed by atoms with Crippen LogP contribution >= 0.6 is 23.5 Å². The van der Waals surface area contributed by atoms with Crippen molar-refractivity contribution in [2.45, 2.75) is 17.0 Å². The summed E-state index contributed by atoms with van der Waals surface area (Å²) in [4.78, 5) is 32.0. The first-order valence-corrected chi connectivity index (χ1v) is 6.77. The molecule has 0 saturated carbocycles. The molecular weight excluding hydrogens is 274 g/mol. The molecule has 2 aliphatic heterocycles. The molecule has 0 radical (unpaired) electrons. The van der Waals surface area contributed by atoms with Crippen LogP contribution in [-0.2, 0) is 9.59 Å². The maximum absolute atomic E-state index is 11.4. The molecule has 3 heterocycles. The second-order valence-corrected chi connectivity index (χ2v) is 6.04. The van der Waals surface area contributed by atoms with Crippen LogP contribution in [0.4, 0.5) is 0 Å². The number of aromatic nitrogens is 2. The van der Waals surface area contributed by atoms with Gasteiger partial charge < -0.3 is 5.11 Å². The van der Waals surface area contributed by atoms with E-state index in [0.717, 1.165) is 0 Å². The van der Waals surface area contributed by atoms with E-state index in [0.29, 0.717) is 15.8 Å². The maximum Gasteiger partial charge on any atom is 0.354 e. The highest BCUT2D eigenvalue weighted by Gasteiger charge is 2.48. The molecule has 0 aromatic carbocycles. The van der Waals surface area contributed by atoms with Gasteiger partial charge in [0.15, 0.2) is 10.9 Å². The molecular formula is C10H7N3O3S2. The molecule has 1 N–H and O–H groups in total. The SMILES string of the molecule is O=C(O)C1=C(Sc2ncccn2)S[C@H]2CC(=O)N12. The predicted molar refractivity (Wildman–Crippen MR) is 65.4 cm³/mol. The Hall–Kier alpha value is -1.54. The van der Waals surface area contributed by atoms with E-state index in [-0.39, 0.29) is 17.0 Å². The number of rotatable bonds is 3. The average Bonchev–Trinajstić information content (AvgIpc) is 2.63. The Morgan fingerprint density at radius 3 is 2.83 bits per heavy atom. The van der Waals surface area contributed by atoms with Gasteiger partial charge >= 0.3 is 5.97 Å². The van der Waals surface area contributed by atoms with Crippen LogP contribution in [0, 0.1) is 0 Å². The first kappa shape index (κ1) is 11.5. The largest absolute Gasteiger partial charge is 0.477 e. The summed E-state index contributed by atoms with van der Waals surface area (Å²) in [7, 11) is 0. The molecule has 8 heteroatoms. The number of hydrogen-bond acceptors (Lipinski definition) is 6. The number of carbonyl (C=O) groups is 2. The Labute approximate surface area is 110 Å². The number of carboxylic acids is 1. The summed E-state index contributed by atoms with van der Waals surface area (Å²) in [5, 5.41) is 9.59. The fraction of sp³-hybridized carbons (Fsp3) is 0.200. The monoisotopic (exact) mass is 281 g/mol. The van der Waals surface area contributed by atoms with E-state index >= 15 is 0 Å². The third kappa shape index (κ3) is 1.77. The molecule has 1 atom stereocenters. The molecule has 1 saturated heterocycles. The topological polar surface area (TPSA) is 83.4 Å². The molecule has 2 aliphatic rings. The molecule has 0 spiro atoms. The molecule has 3 rings (SSSR count). The average molecular weight is 281 g/mol. The first-order valence-electron chi connectivity index (χ1n) is 5.08. The third-order valence-corrected chi connectivity index (χ3v) is 4.88. The van der Waals surface area contributed by atoms with Crippen molar-refractivity contribution in [1.82, 2.24) is 14.9 Å². The molecule has 1 amide bonds. The van der Waals surface area contributed by atoms with Crippen LogP contribution in [0.15, 0.2) is 33.6 Å². The first-order chi connectivity index (χ1) is 8.66. The normalized spacial score (nSPS) is 21.9. The van der Waals surface area contributed by atoms with E-state index in [1.54, 1.807) is 18.5 Å². The fourth-order valence-electron chi connectivity index (χ4n) is 1.71. The van der Waals surface area contributed by atoms with Gasteiger partial charge in [-0.05, 0) is 17.8 Å². The molecule has 0 unspecified atom stereocenters. The van der Waals surface area contributed by atoms with Gasteiger partial charge in [0, 0.05) is 12.4 Å². The van der Waals surface area contributed by atoms with Crippen LogP contribution in [0.3, 0.4) is 0 Å². The van der Waals surface area contributed by atoms with Gasteiger partial charge in [-0.25, -0.2) is 14.8 Å². The highest BCUT2D eigenvalue weighted by atomic mass is 32.2. The standard InChI is InChI=1S/C10H7N3O3S2/c14-5-4-6-13(5)7(8(15)16)9(17-6)18-10-11-2-1-3-12-10/h1-3,6H,4H2,(H,15,16)/t6-/m0/s1. The van der Waals surface area contributed by atoms with Crippen LogP contribution in [0.1, 0.15) is 6.42 Å². The van der Waals surface area contributed by atoms with Crippen molar-refractivity contribution in [3.05, 3.63) is 28.4 Å². The minimum Gasteiger partial charge on any atom is -0.477 e. The van der Waals surface area contributed by atoms with Crippen LogP contribution in [0.5, 0.6) is 0 Å². The van der Waals surface area contributed by atoms with E-state index in [9.17, 15) is 14.7 Å². The van der Waals surface area contributed by atoms with Crippen molar-refractivity contribution in [3.63, 3.8) is 0 Å². The molecule has 6 nitrogen and oxygen atoms in total. The number of fused-ring (bicyclic) bond motifs is 1. The Kier molecular flexibility index (Phi) is 2.75. The van der Waals surface area contributed by atoms with E-state index in [1.165, 1.54) is 28.4 Å². The number of thioether (sulfide) groups is 2. The Morgan fingerprint density at radius 2 is 2.22 bits per heavy atom. The quantitative estimate of drug-likeness (QED) is 0.656. The molecule has 18 heavy (non-hydrogen) atoms. The van der Waals surface area contributed by atoms with Crippen molar-refractivity contribution in [2.75, 3.05) is 0 Å². The molecule has 0 bridgehead atoms. The summed E-state index contributed by atoms with van der Waals surface area (Å²) in [6, 6.07) is 1.69. The van der Waals surface area contributed by atoms with Crippen LogP contribution in [-0.4, -0.2) is 37.2 Å².